The van der Waals surface area contributed by atoms with E-state index in [1.807, 2.05) is 6.20 Å². The maximum absolute atomic E-state index is 8.75. The van der Waals surface area contributed by atoms with Crippen LogP contribution >= 0.6 is 11.3 Å². The number of aliphatic hydroxyl groups excluding tert-OH is 1. The van der Waals surface area contributed by atoms with E-state index in [9.17, 15) is 0 Å². The third-order valence-corrected chi connectivity index (χ3v) is 4.57. The first kappa shape index (κ1) is 13.0. The standard InChI is InChI=1S/C13H22N2OS/c16-10-5-1-4-8-15-13(6-2-3-7-13)12-14-9-11-17-12/h9,11,15-16H,1-8,10H2. The number of aromatic nitrogens is 1. The molecule has 0 unspecified atom stereocenters. The number of rotatable bonds is 7. The Bertz CT molecular complexity index is 307. The number of hydrogen-bond donors (Lipinski definition) is 2. The van der Waals surface area contributed by atoms with Crippen molar-refractivity contribution in [2.75, 3.05) is 13.2 Å². The summed E-state index contributed by atoms with van der Waals surface area (Å²) >= 11 is 1.77. The second-order valence-corrected chi connectivity index (χ2v) is 5.73. The van der Waals surface area contributed by atoms with Gasteiger partial charge in [-0.2, -0.15) is 0 Å². The molecular formula is C13H22N2OS. The summed E-state index contributed by atoms with van der Waals surface area (Å²) in [6.07, 6.45) is 10.2. The van der Waals surface area contributed by atoms with E-state index < -0.39 is 0 Å². The van der Waals surface area contributed by atoms with Crippen molar-refractivity contribution in [2.45, 2.75) is 50.5 Å². The summed E-state index contributed by atoms with van der Waals surface area (Å²) in [5.74, 6) is 0. The molecule has 96 valence electrons. The van der Waals surface area contributed by atoms with Crippen molar-refractivity contribution < 1.29 is 5.11 Å². The van der Waals surface area contributed by atoms with Crippen LogP contribution in [-0.4, -0.2) is 23.2 Å². The molecule has 0 spiro atoms. The van der Waals surface area contributed by atoms with Gasteiger partial charge in [-0.3, -0.25) is 0 Å². The topological polar surface area (TPSA) is 45.1 Å². The summed E-state index contributed by atoms with van der Waals surface area (Å²) < 4.78 is 0. The van der Waals surface area contributed by atoms with E-state index in [4.69, 9.17) is 5.11 Å². The number of thiazole rings is 1. The van der Waals surface area contributed by atoms with Crippen LogP contribution in [0.5, 0.6) is 0 Å². The molecule has 0 amide bonds. The van der Waals surface area contributed by atoms with Crippen LogP contribution in [0.4, 0.5) is 0 Å². The molecule has 1 fully saturated rings. The molecule has 3 nitrogen and oxygen atoms in total. The second kappa shape index (κ2) is 6.47. The van der Waals surface area contributed by atoms with Crippen molar-refractivity contribution in [1.82, 2.24) is 10.3 Å². The molecule has 2 N–H and O–H groups in total. The Labute approximate surface area is 107 Å². The van der Waals surface area contributed by atoms with E-state index in [-0.39, 0.29) is 5.54 Å². The largest absolute Gasteiger partial charge is 0.396 e. The molecule has 0 saturated heterocycles. The van der Waals surface area contributed by atoms with Crippen molar-refractivity contribution in [1.29, 1.82) is 0 Å². The van der Waals surface area contributed by atoms with E-state index in [1.54, 1.807) is 11.3 Å². The van der Waals surface area contributed by atoms with Gasteiger partial charge in [0.25, 0.3) is 0 Å². The van der Waals surface area contributed by atoms with Crippen LogP contribution in [0.3, 0.4) is 0 Å². The molecule has 1 heterocycles. The van der Waals surface area contributed by atoms with Crippen molar-refractivity contribution >= 4 is 11.3 Å². The van der Waals surface area contributed by atoms with Gasteiger partial charge in [-0.05, 0) is 38.6 Å². The zero-order valence-corrected chi connectivity index (χ0v) is 11.1. The van der Waals surface area contributed by atoms with Gasteiger partial charge in [0, 0.05) is 18.2 Å². The van der Waals surface area contributed by atoms with Crippen molar-refractivity contribution in [3.8, 4) is 0 Å². The summed E-state index contributed by atoms with van der Waals surface area (Å²) in [7, 11) is 0. The quantitative estimate of drug-likeness (QED) is 0.735. The molecule has 1 aliphatic carbocycles. The maximum Gasteiger partial charge on any atom is 0.113 e. The predicted molar refractivity (Wildman–Crippen MR) is 71.2 cm³/mol. The van der Waals surface area contributed by atoms with E-state index >= 15 is 0 Å². The van der Waals surface area contributed by atoms with Gasteiger partial charge in [-0.15, -0.1) is 11.3 Å². The Hall–Kier alpha value is -0.450. The number of hydrogen-bond acceptors (Lipinski definition) is 4. The van der Waals surface area contributed by atoms with Crippen LogP contribution in [0.15, 0.2) is 11.6 Å². The average Bonchev–Trinajstić information content (AvgIpc) is 3.00. The maximum atomic E-state index is 8.75. The first-order chi connectivity index (χ1) is 8.37. The Balaban J connectivity index is 1.85. The fourth-order valence-electron chi connectivity index (χ4n) is 2.65. The molecule has 0 radical (unpaired) electrons. The van der Waals surface area contributed by atoms with Gasteiger partial charge in [0.2, 0.25) is 0 Å². The zero-order chi connectivity index (χ0) is 12.0. The molecule has 1 aliphatic rings. The molecular weight excluding hydrogens is 232 g/mol. The van der Waals surface area contributed by atoms with Crippen LogP contribution in [-0.2, 0) is 5.54 Å². The summed E-state index contributed by atoms with van der Waals surface area (Å²) in [5.41, 5.74) is 0.160. The van der Waals surface area contributed by atoms with Crippen molar-refractivity contribution in [2.24, 2.45) is 0 Å². The summed E-state index contributed by atoms with van der Waals surface area (Å²) in [6.45, 7) is 1.36. The third kappa shape index (κ3) is 3.27. The minimum absolute atomic E-state index is 0.160. The monoisotopic (exact) mass is 254 g/mol. The summed E-state index contributed by atoms with van der Waals surface area (Å²) in [6, 6.07) is 0. The van der Waals surface area contributed by atoms with Gasteiger partial charge < -0.3 is 10.4 Å². The minimum atomic E-state index is 0.160. The van der Waals surface area contributed by atoms with Crippen LogP contribution in [0.25, 0.3) is 0 Å². The van der Waals surface area contributed by atoms with Gasteiger partial charge in [0.1, 0.15) is 5.01 Å². The molecule has 1 aromatic heterocycles. The molecule has 0 aromatic carbocycles. The lowest BCUT2D eigenvalue weighted by Crippen LogP contribution is -2.40. The van der Waals surface area contributed by atoms with Crippen LogP contribution < -0.4 is 5.32 Å². The van der Waals surface area contributed by atoms with Crippen LogP contribution in [0, 0.1) is 0 Å². The van der Waals surface area contributed by atoms with Crippen LogP contribution in [0.2, 0.25) is 0 Å². The highest BCUT2D eigenvalue weighted by molar-refractivity contribution is 7.09. The second-order valence-electron chi connectivity index (χ2n) is 4.84. The molecule has 2 rings (SSSR count). The van der Waals surface area contributed by atoms with Crippen molar-refractivity contribution in [3.05, 3.63) is 16.6 Å². The average molecular weight is 254 g/mol. The third-order valence-electron chi connectivity index (χ3n) is 3.60. The molecule has 1 saturated carbocycles. The zero-order valence-electron chi connectivity index (χ0n) is 10.3. The number of nitrogens with zero attached hydrogens (tertiary/aromatic N) is 1. The highest BCUT2D eigenvalue weighted by atomic mass is 32.1. The highest BCUT2D eigenvalue weighted by Gasteiger charge is 2.36. The number of unbranched alkanes of at least 4 members (excludes halogenated alkanes) is 2. The van der Waals surface area contributed by atoms with E-state index in [1.165, 1.54) is 30.7 Å². The minimum Gasteiger partial charge on any atom is -0.396 e. The first-order valence-electron chi connectivity index (χ1n) is 6.63. The van der Waals surface area contributed by atoms with E-state index in [2.05, 4.69) is 15.7 Å². The number of nitrogens with one attached hydrogen (secondary N) is 1. The lowest BCUT2D eigenvalue weighted by molar-refractivity contribution is 0.279. The fraction of sp³-hybridized carbons (Fsp3) is 0.769. The lowest BCUT2D eigenvalue weighted by atomic mass is 9.98. The van der Waals surface area contributed by atoms with Gasteiger partial charge >= 0.3 is 0 Å². The summed E-state index contributed by atoms with van der Waals surface area (Å²) in [5, 5.41) is 15.8. The number of aliphatic hydroxyl groups is 1. The Morgan fingerprint density at radius 2 is 2.12 bits per heavy atom. The van der Waals surface area contributed by atoms with E-state index in [0.717, 1.165) is 25.8 Å². The first-order valence-corrected chi connectivity index (χ1v) is 7.51. The Morgan fingerprint density at radius 1 is 1.29 bits per heavy atom. The molecule has 1 aromatic rings. The molecule has 0 aliphatic heterocycles. The van der Waals surface area contributed by atoms with Gasteiger partial charge in [0.15, 0.2) is 0 Å². The Kier molecular flexibility index (Phi) is 4.95. The molecule has 17 heavy (non-hydrogen) atoms. The molecule has 4 heteroatoms. The van der Waals surface area contributed by atoms with Crippen LogP contribution in [0.1, 0.15) is 50.0 Å². The SMILES string of the molecule is OCCCCCNC1(c2nccs2)CCCC1. The predicted octanol–water partition coefficient (Wildman–Crippen LogP) is 2.66. The smallest absolute Gasteiger partial charge is 0.113 e. The molecule has 0 atom stereocenters. The lowest BCUT2D eigenvalue weighted by Gasteiger charge is -2.28. The normalized spacial score (nSPS) is 18.6. The van der Waals surface area contributed by atoms with Crippen molar-refractivity contribution in [3.63, 3.8) is 0 Å². The fourth-order valence-corrected chi connectivity index (χ4v) is 3.52. The van der Waals surface area contributed by atoms with Gasteiger partial charge in [-0.25, -0.2) is 4.98 Å². The Morgan fingerprint density at radius 3 is 2.76 bits per heavy atom. The molecule has 0 bridgehead atoms. The van der Waals surface area contributed by atoms with Gasteiger partial charge in [-0.1, -0.05) is 12.8 Å². The summed E-state index contributed by atoms with van der Waals surface area (Å²) in [4.78, 5) is 4.50. The van der Waals surface area contributed by atoms with E-state index in [0.29, 0.717) is 6.61 Å². The highest BCUT2D eigenvalue weighted by Crippen LogP contribution is 2.39. The van der Waals surface area contributed by atoms with Gasteiger partial charge in [0.05, 0.1) is 5.54 Å².